The van der Waals surface area contributed by atoms with Crippen molar-refractivity contribution in [1.82, 2.24) is 5.16 Å². The molecule has 3 nitrogen and oxygen atoms in total. The largest absolute Gasteiger partial charge is 0.356 e. The van der Waals surface area contributed by atoms with Crippen molar-refractivity contribution in [3.63, 3.8) is 0 Å². The molecule has 1 aliphatic rings. The lowest BCUT2D eigenvalue weighted by Crippen LogP contribution is -1.80. The van der Waals surface area contributed by atoms with E-state index in [1.807, 2.05) is 6.07 Å². The van der Waals surface area contributed by atoms with Gasteiger partial charge in [-0.15, -0.1) is 0 Å². The summed E-state index contributed by atoms with van der Waals surface area (Å²) in [6.45, 7) is 0. The Kier molecular flexibility index (Phi) is 1.48. The summed E-state index contributed by atoms with van der Waals surface area (Å²) < 4.78 is 5.18. The fraction of sp³-hybridized carbons (Fsp3) is 0.273. The minimum atomic E-state index is 0.582. The lowest BCUT2D eigenvalue weighted by atomic mass is 10.1. The fourth-order valence-corrected chi connectivity index (χ4v) is 1.70. The predicted octanol–water partition coefficient (Wildman–Crippen LogP) is 2.52. The molecule has 0 atom stereocenters. The van der Waals surface area contributed by atoms with Gasteiger partial charge in [0.05, 0.1) is 5.69 Å². The first-order valence-corrected chi connectivity index (χ1v) is 4.73. The number of aromatic nitrogens is 1. The molecule has 0 bridgehead atoms. The number of hydrogen-bond donors (Lipinski definition) is 0. The summed E-state index contributed by atoms with van der Waals surface area (Å²) in [5, 5.41) is 5.10. The van der Waals surface area contributed by atoms with Crippen LogP contribution in [0.1, 0.15) is 34.8 Å². The van der Waals surface area contributed by atoms with Crippen LogP contribution in [0, 0.1) is 0 Å². The van der Waals surface area contributed by atoms with Crippen LogP contribution in [0.3, 0.4) is 0 Å². The van der Waals surface area contributed by atoms with Gasteiger partial charge in [-0.2, -0.15) is 0 Å². The van der Waals surface area contributed by atoms with Gasteiger partial charge in [0.1, 0.15) is 6.29 Å². The van der Waals surface area contributed by atoms with Crippen molar-refractivity contribution >= 4 is 17.3 Å². The molecule has 0 saturated heterocycles. The zero-order valence-corrected chi connectivity index (χ0v) is 7.56. The summed E-state index contributed by atoms with van der Waals surface area (Å²) in [7, 11) is 0. The van der Waals surface area contributed by atoms with E-state index >= 15 is 0 Å². The smallest absolute Gasteiger partial charge is 0.167 e. The molecule has 1 heterocycles. The van der Waals surface area contributed by atoms with Crippen LogP contribution >= 0.6 is 0 Å². The highest BCUT2D eigenvalue weighted by Gasteiger charge is 2.28. The van der Waals surface area contributed by atoms with Gasteiger partial charge in [0.15, 0.2) is 5.58 Å². The third-order valence-corrected chi connectivity index (χ3v) is 2.62. The van der Waals surface area contributed by atoms with Crippen molar-refractivity contribution in [2.45, 2.75) is 18.8 Å². The topological polar surface area (TPSA) is 43.1 Å². The highest BCUT2D eigenvalue weighted by atomic mass is 16.5. The van der Waals surface area contributed by atoms with E-state index in [2.05, 4.69) is 5.16 Å². The molecule has 1 aliphatic carbocycles. The number of fused-ring (bicyclic) bond motifs is 1. The molecular formula is C11H9NO2. The monoisotopic (exact) mass is 187 g/mol. The SMILES string of the molecule is O=Cc1ccc2c(C3CC3)noc2c1. The number of carbonyl (C=O) groups excluding carboxylic acids is 1. The Morgan fingerprint density at radius 3 is 3.00 bits per heavy atom. The summed E-state index contributed by atoms with van der Waals surface area (Å²) >= 11 is 0. The van der Waals surface area contributed by atoms with E-state index in [0.29, 0.717) is 11.5 Å². The van der Waals surface area contributed by atoms with Crippen molar-refractivity contribution in [2.75, 3.05) is 0 Å². The molecule has 1 aromatic heterocycles. The minimum absolute atomic E-state index is 0.582. The molecule has 1 aromatic carbocycles. The maximum absolute atomic E-state index is 10.5. The Morgan fingerprint density at radius 1 is 1.43 bits per heavy atom. The van der Waals surface area contributed by atoms with Gasteiger partial charge >= 0.3 is 0 Å². The molecule has 70 valence electrons. The van der Waals surface area contributed by atoms with E-state index in [1.54, 1.807) is 12.1 Å². The van der Waals surface area contributed by atoms with Gasteiger partial charge in [-0.1, -0.05) is 11.2 Å². The van der Waals surface area contributed by atoms with E-state index in [1.165, 1.54) is 12.8 Å². The summed E-state index contributed by atoms with van der Waals surface area (Å²) in [5.41, 5.74) is 2.41. The van der Waals surface area contributed by atoms with Crippen LogP contribution in [0.25, 0.3) is 11.0 Å². The molecule has 14 heavy (non-hydrogen) atoms. The summed E-state index contributed by atoms with van der Waals surface area (Å²) in [4.78, 5) is 10.5. The third kappa shape index (κ3) is 1.05. The van der Waals surface area contributed by atoms with E-state index in [0.717, 1.165) is 22.9 Å². The minimum Gasteiger partial charge on any atom is -0.356 e. The summed E-state index contributed by atoms with van der Waals surface area (Å²) in [6.07, 6.45) is 3.23. The van der Waals surface area contributed by atoms with Gasteiger partial charge in [-0.05, 0) is 25.0 Å². The summed E-state index contributed by atoms with van der Waals surface area (Å²) in [5.74, 6) is 0.582. The molecule has 3 heteroatoms. The van der Waals surface area contributed by atoms with Crippen molar-refractivity contribution < 1.29 is 9.32 Å². The first kappa shape index (κ1) is 7.74. The standard InChI is InChI=1S/C11H9NO2/c13-6-7-1-4-9-10(5-7)14-12-11(9)8-2-3-8/h1,4-6,8H,2-3H2. The van der Waals surface area contributed by atoms with Crippen LogP contribution in [-0.2, 0) is 0 Å². The first-order valence-electron chi connectivity index (χ1n) is 4.73. The van der Waals surface area contributed by atoms with Crippen LogP contribution < -0.4 is 0 Å². The van der Waals surface area contributed by atoms with Crippen molar-refractivity contribution in [3.8, 4) is 0 Å². The molecule has 0 N–H and O–H groups in total. The molecule has 0 unspecified atom stereocenters. The highest BCUT2D eigenvalue weighted by Crippen LogP contribution is 2.42. The second-order valence-corrected chi connectivity index (χ2v) is 3.72. The van der Waals surface area contributed by atoms with Crippen molar-refractivity contribution in [3.05, 3.63) is 29.5 Å². The quantitative estimate of drug-likeness (QED) is 0.678. The Balaban J connectivity index is 2.21. The molecule has 0 radical (unpaired) electrons. The number of carbonyl (C=O) groups is 1. The van der Waals surface area contributed by atoms with E-state index < -0.39 is 0 Å². The Hall–Kier alpha value is -1.64. The molecule has 0 spiro atoms. The van der Waals surface area contributed by atoms with Gasteiger partial charge in [0.25, 0.3) is 0 Å². The Labute approximate surface area is 80.7 Å². The van der Waals surface area contributed by atoms with Gasteiger partial charge in [0.2, 0.25) is 0 Å². The maximum Gasteiger partial charge on any atom is 0.167 e. The summed E-state index contributed by atoms with van der Waals surface area (Å²) in [6, 6.07) is 5.46. The van der Waals surface area contributed by atoms with Gasteiger partial charge in [-0.25, -0.2) is 0 Å². The van der Waals surface area contributed by atoms with Crippen molar-refractivity contribution in [2.24, 2.45) is 0 Å². The molecular weight excluding hydrogens is 178 g/mol. The predicted molar refractivity (Wildman–Crippen MR) is 51.4 cm³/mol. The van der Waals surface area contributed by atoms with Crippen LogP contribution in [0.15, 0.2) is 22.7 Å². The second kappa shape index (κ2) is 2.67. The molecule has 3 rings (SSSR count). The van der Waals surface area contributed by atoms with Gasteiger partial charge in [-0.3, -0.25) is 4.79 Å². The van der Waals surface area contributed by atoms with E-state index in [4.69, 9.17) is 4.52 Å². The Bertz CT molecular complexity index is 497. The number of aldehydes is 1. The fourth-order valence-electron chi connectivity index (χ4n) is 1.70. The third-order valence-electron chi connectivity index (χ3n) is 2.62. The second-order valence-electron chi connectivity index (χ2n) is 3.72. The van der Waals surface area contributed by atoms with Crippen LogP contribution in [-0.4, -0.2) is 11.4 Å². The molecule has 0 aliphatic heterocycles. The molecule has 0 amide bonds. The van der Waals surface area contributed by atoms with E-state index in [-0.39, 0.29) is 0 Å². The molecule has 1 saturated carbocycles. The number of nitrogens with zero attached hydrogens (tertiary/aromatic N) is 1. The average molecular weight is 187 g/mol. The van der Waals surface area contributed by atoms with E-state index in [9.17, 15) is 4.79 Å². The van der Waals surface area contributed by atoms with Crippen LogP contribution in [0.5, 0.6) is 0 Å². The lowest BCUT2D eigenvalue weighted by molar-refractivity contribution is 0.112. The number of hydrogen-bond acceptors (Lipinski definition) is 3. The normalized spacial score (nSPS) is 16.0. The zero-order chi connectivity index (χ0) is 9.54. The van der Waals surface area contributed by atoms with Gasteiger partial charge in [0, 0.05) is 16.9 Å². The zero-order valence-electron chi connectivity index (χ0n) is 7.56. The molecule has 2 aromatic rings. The molecule has 1 fully saturated rings. The number of benzene rings is 1. The first-order chi connectivity index (χ1) is 6.88. The van der Waals surface area contributed by atoms with Crippen LogP contribution in [0.4, 0.5) is 0 Å². The Morgan fingerprint density at radius 2 is 2.29 bits per heavy atom. The lowest BCUT2D eigenvalue weighted by Gasteiger charge is -1.91. The van der Waals surface area contributed by atoms with Crippen LogP contribution in [0.2, 0.25) is 0 Å². The highest BCUT2D eigenvalue weighted by molar-refractivity contribution is 5.87. The number of rotatable bonds is 2. The average Bonchev–Trinajstić information content (AvgIpc) is 2.98. The van der Waals surface area contributed by atoms with Crippen molar-refractivity contribution in [1.29, 1.82) is 0 Å². The van der Waals surface area contributed by atoms with Gasteiger partial charge < -0.3 is 4.52 Å². The maximum atomic E-state index is 10.5.